The second-order valence-corrected chi connectivity index (χ2v) is 9.24. The zero-order valence-corrected chi connectivity index (χ0v) is 20.9. The van der Waals surface area contributed by atoms with Crippen molar-refractivity contribution in [3.8, 4) is 11.5 Å². The molecule has 0 aromatic heterocycles. The predicted octanol–water partition coefficient (Wildman–Crippen LogP) is 5.74. The van der Waals surface area contributed by atoms with Crippen LogP contribution in [0, 0.1) is 0 Å². The van der Waals surface area contributed by atoms with E-state index in [1.54, 1.807) is 9.80 Å². The van der Waals surface area contributed by atoms with Crippen molar-refractivity contribution in [1.29, 1.82) is 0 Å². The third-order valence-electron chi connectivity index (χ3n) is 4.59. The zero-order valence-electron chi connectivity index (χ0n) is 16.3. The molecule has 2 aromatic carbocycles. The summed E-state index contributed by atoms with van der Waals surface area (Å²) in [6, 6.07) is 5.91. The highest BCUT2D eigenvalue weighted by Gasteiger charge is 2.25. The van der Waals surface area contributed by atoms with Gasteiger partial charge in [0.15, 0.2) is 24.7 Å². The summed E-state index contributed by atoms with van der Waals surface area (Å²) in [6.45, 7) is 0.894. The van der Waals surface area contributed by atoms with Crippen molar-refractivity contribution in [2.75, 3.05) is 39.4 Å². The van der Waals surface area contributed by atoms with Crippen LogP contribution in [0.4, 0.5) is 0 Å². The van der Waals surface area contributed by atoms with E-state index in [-0.39, 0.29) is 56.6 Å². The van der Waals surface area contributed by atoms with Gasteiger partial charge in [0.05, 0.1) is 20.1 Å². The minimum atomic E-state index is -0.254. The Morgan fingerprint density at radius 2 is 0.906 bits per heavy atom. The smallest absolute Gasteiger partial charge is 0.260 e. The minimum Gasteiger partial charge on any atom is -0.481 e. The summed E-state index contributed by atoms with van der Waals surface area (Å²) in [5.74, 6) is -0.126. The van der Waals surface area contributed by atoms with E-state index in [0.29, 0.717) is 36.2 Å². The maximum atomic E-state index is 12.5. The van der Waals surface area contributed by atoms with Crippen LogP contribution in [-0.4, -0.2) is 61.0 Å². The molecule has 0 unspecified atom stereocenters. The number of halogens is 6. The first kappa shape index (κ1) is 25.3. The second kappa shape index (κ2) is 11.2. The van der Waals surface area contributed by atoms with Gasteiger partial charge in [-0.2, -0.15) is 0 Å². The molecule has 1 fully saturated rings. The van der Waals surface area contributed by atoms with Crippen LogP contribution < -0.4 is 9.47 Å². The quantitative estimate of drug-likeness (QED) is 0.452. The Morgan fingerprint density at radius 1 is 0.625 bits per heavy atom. The van der Waals surface area contributed by atoms with E-state index in [1.807, 2.05) is 0 Å². The number of carbonyl (C=O) groups excluding carboxylic acids is 2. The minimum absolute atomic E-state index is 0.191. The Bertz CT molecular complexity index is 900. The van der Waals surface area contributed by atoms with Gasteiger partial charge in [0.2, 0.25) is 0 Å². The van der Waals surface area contributed by atoms with Crippen molar-refractivity contribution in [3.05, 3.63) is 54.4 Å². The van der Waals surface area contributed by atoms with Crippen LogP contribution in [0.2, 0.25) is 30.1 Å². The second-order valence-electron chi connectivity index (χ2n) is 6.74. The van der Waals surface area contributed by atoms with Gasteiger partial charge in [0.25, 0.3) is 11.8 Å². The number of hydrogen-bond donors (Lipinski definition) is 0. The fourth-order valence-electron chi connectivity index (χ4n) is 2.99. The molecule has 1 aliphatic rings. The van der Waals surface area contributed by atoms with Gasteiger partial charge in [-0.05, 0) is 24.3 Å². The van der Waals surface area contributed by atoms with Crippen LogP contribution in [0.3, 0.4) is 0 Å². The summed E-state index contributed by atoms with van der Waals surface area (Å²) in [5, 5.41) is 1.59. The van der Waals surface area contributed by atoms with Gasteiger partial charge in [0, 0.05) is 36.2 Å². The zero-order chi connectivity index (χ0) is 23.4. The largest absolute Gasteiger partial charge is 0.481 e. The summed E-state index contributed by atoms with van der Waals surface area (Å²) in [5.41, 5.74) is 0. The number of piperazine rings is 1. The van der Waals surface area contributed by atoms with Crippen molar-refractivity contribution in [1.82, 2.24) is 9.80 Å². The monoisotopic (exact) mass is 558 g/mol. The highest BCUT2D eigenvalue weighted by molar-refractivity contribution is 6.41. The summed E-state index contributed by atoms with van der Waals surface area (Å²) >= 11 is 36.0. The van der Waals surface area contributed by atoms with Gasteiger partial charge < -0.3 is 19.3 Å². The first-order valence-corrected chi connectivity index (χ1v) is 11.5. The van der Waals surface area contributed by atoms with Crippen molar-refractivity contribution >= 4 is 81.4 Å². The lowest BCUT2D eigenvalue weighted by molar-refractivity contribution is -0.141. The third kappa shape index (κ3) is 6.40. The predicted molar refractivity (Wildman–Crippen MR) is 127 cm³/mol. The standard InChI is InChI=1S/C20H16Cl6N2O4/c21-11-5-13(23)19(14(24)6-11)31-9-17(29)27-1-2-28(4-3-27)18(30)10-32-20-15(25)7-12(22)8-16(20)26/h5-8H,1-4,9-10H2. The van der Waals surface area contributed by atoms with Crippen LogP contribution in [0.1, 0.15) is 0 Å². The molecule has 0 spiro atoms. The maximum Gasteiger partial charge on any atom is 0.260 e. The molecule has 0 atom stereocenters. The van der Waals surface area contributed by atoms with Gasteiger partial charge in [-0.25, -0.2) is 0 Å². The average molecular weight is 561 g/mol. The van der Waals surface area contributed by atoms with E-state index >= 15 is 0 Å². The molecule has 32 heavy (non-hydrogen) atoms. The Labute approximate surface area is 214 Å². The lowest BCUT2D eigenvalue weighted by Crippen LogP contribution is -2.52. The number of nitrogens with zero attached hydrogens (tertiary/aromatic N) is 2. The van der Waals surface area contributed by atoms with E-state index in [4.69, 9.17) is 79.1 Å². The van der Waals surface area contributed by atoms with Gasteiger partial charge >= 0.3 is 0 Å². The number of rotatable bonds is 6. The molecule has 0 radical (unpaired) electrons. The fraction of sp³-hybridized carbons (Fsp3) is 0.300. The number of hydrogen-bond acceptors (Lipinski definition) is 4. The van der Waals surface area contributed by atoms with Gasteiger partial charge in [-0.1, -0.05) is 69.6 Å². The van der Waals surface area contributed by atoms with E-state index in [0.717, 1.165) is 0 Å². The van der Waals surface area contributed by atoms with Crippen LogP contribution in [-0.2, 0) is 9.59 Å². The molecular formula is C20H16Cl6N2O4. The van der Waals surface area contributed by atoms with Crippen LogP contribution in [0.25, 0.3) is 0 Å². The molecule has 0 saturated carbocycles. The Balaban J connectivity index is 1.47. The SMILES string of the molecule is O=C(COc1c(Cl)cc(Cl)cc1Cl)N1CCN(C(=O)COc2c(Cl)cc(Cl)cc2Cl)CC1. The molecule has 1 saturated heterocycles. The van der Waals surface area contributed by atoms with Crippen LogP contribution in [0.5, 0.6) is 11.5 Å². The normalized spacial score (nSPS) is 13.8. The number of carbonyl (C=O) groups is 2. The molecule has 2 aromatic rings. The fourth-order valence-corrected chi connectivity index (χ4v) is 4.84. The van der Waals surface area contributed by atoms with Crippen molar-refractivity contribution < 1.29 is 19.1 Å². The van der Waals surface area contributed by atoms with E-state index in [2.05, 4.69) is 0 Å². The van der Waals surface area contributed by atoms with Gasteiger partial charge in [0.1, 0.15) is 0 Å². The summed E-state index contributed by atoms with van der Waals surface area (Å²) < 4.78 is 11.0. The van der Waals surface area contributed by atoms with E-state index in [9.17, 15) is 9.59 Å². The lowest BCUT2D eigenvalue weighted by atomic mass is 10.3. The molecular weight excluding hydrogens is 545 g/mol. The molecule has 6 nitrogen and oxygen atoms in total. The van der Waals surface area contributed by atoms with Gasteiger partial charge in [-0.3, -0.25) is 9.59 Å². The molecule has 0 aliphatic carbocycles. The number of benzene rings is 2. The molecule has 172 valence electrons. The van der Waals surface area contributed by atoms with Gasteiger partial charge in [-0.15, -0.1) is 0 Å². The lowest BCUT2D eigenvalue weighted by Gasteiger charge is -2.34. The Kier molecular flexibility index (Phi) is 8.90. The summed E-state index contributed by atoms with van der Waals surface area (Å²) in [6.07, 6.45) is 0. The molecule has 0 N–H and O–H groups in total. The molecule has 3 rings (SSSR count). The highest BCUT2D eigenvalue weighted by Crippen LogP contribution is 2.36. The van der Waals surface area contributed by atoms with Crippen molar-refractivity contribution in [2.24, 2.45) is 0 Å². The van der Waals surface area contributed by atoms with Crippen LogP contribution >= 0.6 is 69.6 Å². The Morgan fingerprint density at radius 3 is 1.19 bits per heavy atom. The number of ether oxygens (including phenoxy) is 2. The molecule has 1 aliphatic heterocycles. The average Bonchev–Trinajstić information content (AvgIpc) is 2.72. The van der Waals surface area contributed by atoms with Crippen molar-refractivity contribution in [3.63, 3.8) is 0 Å². The highest BCUT2D eigenvalue weighted by atomic mass is 35.5. The molecule has 2 amide bonds. The summed E-state index contributed by atoms with van der Waals surface area (Å²) in [4.78, 5) is 28.1. The van der Waals surface area contributed by atoms with Crippen LogP contribution in [0.15, 0.2) is 24.3 Å². The van der Waals surface area contributed by atoms with E-state index in [1.165, 1.54) is 24.3 Å². The third-order valence-corrected chi connectivity index (χ3v) is 6.15. The number of amides is 2. The summed E-state index contributed by atoms with van der Waals surface area (Å²) in [7, 11) is 0. The maximum absolute atomic E-state index is 12.5. The first-order chi connectivity index (χ1) is 15.2. The molecule has 0 bridgehead atoms. The molecule has 1 heterocycles. The first-order valence-electron chi connectivity index (χ1n) is 9.26. The molecule has 12 heteroatoms. The van der Waals surface area contributed by atoms with E-state index < -0.39 is 0 Å². The topological polar surface area (TPSA) is 59.1 Å². The Hall–Kier alpha value is -1.28. The van der Waals surface area contributed by atoms with Crippen molar-refractivity contribution in [2.45, 2.75) is 0 Å².